The van der Waals surface area contributed by atoms with E-state index in [0.29, 0.717) is 18.7 Å². The predicted octanol–water partition coefficient (Wildman–Crippen LogP) is 3.68. The second-order valence-electron chi connectivity index (χ2n) is 4.97. The molecule has 0 saturated heterocycles. The van der Waals surface area contributed by atoms with Gasteiger partial charge in [-0.15, -0.1) is 0 Å². The van der Waals surface area contributed by atoms with Gasteiger partial charge in [0, 0.05) is 37.2 Å². The highest BCUT2D eigenvalue weighted by molar-refractivity contribution is 5.91. The minimum absolute atomic E-state index is 0.0826. The number of hydrogen-bond acceptors (Lipinski definition) is 2. The Morgan fingerprint density at radius 1 is 1.19 bits per heavy atom. The first-order valence-corrected chi connectivity index (χ1v) is 6.78. The highest BCUT2D eigenvalue weighted by Crippen LogP contribution is 2.23. The minimum atomic E-state index is -4.10. The fourth-order valence-corrected chi connectivity index (χ4v) is 2.23. The summed E-state index contributed by atoms with van der Waals surface area (Å²) in [5.41, 5.74) is 1.31. The monoisotopic (exact) mass is 298 g/mol. The zero-order valence-corrected chi connectivity index (χ0v) is 11.7. The average molecular weight is 298 g/mol. The van der Waals surface area contributed by atoms with Crippen molar-refractivity contribution >= 4 is 16.6 Å². The van der Waals surface area contributed by atoms with Crippen LogP contribution in [0.4, 0.5) is 18.9 Å². The van der Waals surface area contributed by atoms with Gasteiger partial charge >= 0.3 is 6.18 Å². The number of halogens is 3. The van der Waals surface area contributed by atoms with Gasteiger partial charge in [0.15, 0.2) is 0 Å². The molecule has 0 aliphatic heterocycles. The summed E-state index contributed by atoms with van der Waals surface area (Å²) in [6, 6.07) is 8.90. The van der Waals surface area contributed by atoms with E-state index in [-0.39, 0.29) is 12.0 Å². The lowest BCUT2D eigenvalue weighted by atomic mass is 10.1. The maximum Gasteiger partial charge on any atom is 0.389 e. The number of benzene rings is 1. The number of pyridine rings is 1. The number of rotatable bonds is 5. The van der Waals surface area contributed by atoms with Crippen LogP contribution >= 0.6 is 0 Å². The number of aryl methyl sites for hydroxylation is 1. The Morgan fingerprint density at radius 2 is 1.90 bits per heavy atom. The highest BCUT2D eigenvalue weighted by atomic mass is 19.4. The Bertz CT molecular complexity index is 677. The van der Waals surface area contributed by atoms with Crippen molar-refractivity contribution in [3.05, 3.63) is 40.7 Å². The van der Waals surface area contributed by atoms with Crippen LogP contribution in [0.15, 0.2) is 35.1 Å². The van der Waals surface area contributed by atoms with E-state index >= 15 is 0 Å². The largest absolute Gasteiger partial charge is 0.389 e. The third kappa shape index (κ3) is 4.00. The normalized spacial score (nSPS) is 11.8. The van der Waals surface area contributed by atoms with Gasteiger partial charge in [0.2, 0.25) is 0 Å². The van der Waals surface area contributed by atoms with Crippen LogP contribution < -0.4 is 10.9 Å². The second-order valence-corrected chi connectivity index (χ2v) is 4.97. The maximum absolute atomic E-state index is 12.0. The summed E-state index contributed by atoms with van der Waals surface area (Å²) < 4.78 is 37.7. The summed E-state index contributed by atoms with van der Waals surface area (Å²) in [5, 5.41) is 3.95. The van der Waals surface area contributed by atoms with Gasteiger partial charge in [-0.2, -0.15) is 13.2 Å². The van der Waals surface area contributed by atoms with Gasteiger partial charge in [-0.25, -0.2) is 0 Å². The standard InChI is InChI=1S/C15H17F3N2O/c1-20-13-7-3-2-6-11(13)12(10-14(20)21)19-9-5-4-8-15(16,17)18/h2-3,6-7,10,19H,4-5,8-9H2,1H3. The molecular formula is C15H17F3N2O. The molecule has 21 heavy (non-hydrogen) atoms. The molecule has 0 aliphatic carbocycles. The van der Waals surface area contributed by atoms with Gasteiger partial charge < -0.3 is 9.88 Å². The lowest BCUT2D eigenvalue weighted by Gasteiger charge is -2.12. The van der Waals surface area contributed by atoms with Crippen molar-refractivity contribution in [1.82, 2.24) is 4.57 Å². The van der Waals surface area contributed by atoms with Crippen molar-refractivity contribution in [2.75, 3.05) is 11.9 Å². The Balaban J connectivity index is 2.06. The summed E-state index contributed by atoms with van der Waals surface area (Å²) in [7, 11) is 1.69. The van der Waals surface area contributed by atoms with Gasteiger partial charge in [-0.1, -0.05) is 18.2 Å². The van der Waals surface area contributed by atoms with E-state index in [9.17, 15) is 18.0 Å². The van der Waals surface area contributed by atoms with E-state index in [0.717, 1.165) is 10.9 Å². The maximum atomic E-state index is 12.0. The van der Waals surface area contributed by atoms with E-state index in [1.807, 2.05) is 24.3 Å². The number of hydrogen-bond donors (Lipinski definition) is 1. The molecule has 0 atom stereocenters. The minimum Gasteiger partial charge on any atom is -0.384 e. The summed E-state index contributed by atoms with van der Waals surface area (Å²) in [6.45, 7) is 0.410. The number of unbranched alkanes of at least 4 members (excludes halogenated alkanes) is 1. The number of fused-ring (bicyclic) bond motifs is 1. The van der Waals surface area contributed by atoms with E-state index in [4.69, 9.17) is 0 Å². The molecule has 0 radical (unpaired) electrons. The number of anilines is 1. The molecule has 0 bridgehead atoms. The third-order valence-electron chi connectivity index (χ3n) is 3.36. The summed E-state index contributed by atoms with van der Waals surface area (Å²) >= 11 is 0. The Kier molecular flexibility index (Phi) is 4.55. The van der Waals surface area contributed by atoms with Crippen molar-refractivity contribution in [2.45, 2.75) is 25.4 Å². The van der Waals surface area contributed by atoms with Gasteiger partial charge in [0.25, 0.3) is 5.56 Å². The predicted molar refractivity (Wildman–Crippen MR) is 77.6 cm³/mol. The van der Waals surface area contributed by atoms with Crippen molar-refractivity contribution < 1.29 is 13.2 Å². The van der Waals surface area contributed by atoms with Gasteiger partial charge in [0.05, 0.1) is 5.52 Å². The van der Waals surface area contributed by atoms with Crippen molar-refractivity contribution in [3.8, 4) is 0 Å². The Morgan fingerprint density at radius 3 is 2.62 bits per heavy atom. The van der Waals surface area contributed by atoms with Crippen molar-refractivity contribution in [1.29, 1.82) is 0 Å². The topological polar surface area (TPSA) is 34.0 Å². The zero-order chi connectivity index (χ0) is 15.5. The molecule has 1 N–H and O–H groups in total. The zero-order valence-electron chi connectivity index (χ0n) is 11.7. The quantitative estimate of drug-likeness (QED) is 0.854. The fraction of sp³-hybridized carbons (Fsp3) is 0.400. The molecular weight excluding hydrogens is 281 g/mol. The molecule has 1 heterocycles. The third-order valence-corrected chi connectivity index (χ3v) is 3.36. The van der Waals surface area contributed by atoms with Crippen LogP contribution in [-0.2, 0) is 7.05 Å². The van der Waals surface area contributed by atoms with Crippen LogP contribution in [0.2, 0.25) is 0 Å². The molecule has 6 heteroatoms. The number of nitrogens with one attached hydrogen (secondary N) is 1. The van der Waals surface area contributed by atoms with E-state index < -0.39 is 12.6 Å². The van der Waals surface area contributed by atoms with Gasteiger partial charge in [-0.3, -0.25) is 4.79 Å². The van der Waals surface area contributed by atoms with Crippen molar-refractivity contribution in [3.63, 3.8) is 0 Å². The smallest absolute Gasteiger partial charge is 0.384 e. The molecule has 0 fully saturated rings. The molecule has 0 unspecified atom stereocenters. The molecule has 0 spiro atoms. The van der Waals surface area contributed by atoms with Gasteiger partial charge in [0.1, 0.15) is 0 Å². The Labute approximate surface area is 120 Å². The molecule has 2 rings (SSSR count). The lowest BCUT2D eigenvalue weighted by molar-refractivity contribution is -0.135. The van der Waals surface area contributed by atoms with Crippen LogP contribution in [0.3, 0.4) is 0 Å². The molecule has 0 aliphatic rings. The van der Waals surface area contributed by atoms with E-state index in [1.54, 1.807) is 11.6 Å². The average Bonchev–Trinajstić information content (AvgIpc) is 2.42. The molecule has 1 aromatic heterocycles. The summed E-state index contributed by atoms with van der Waals surface area (Å²) in [6.07, 6.45) is -4.39. The Hall–Kier alpha value is -1.98. The molecule has 1 aromatic carbocycles. The molecule has 0 amide bonds. The lowest BCUT2D eigenvalue weighted by Crippen LogP contribution is -2.17. The molecule has 0 saturated carbocycles. The molecule has 114 valence electrons. The highest BCUT2D eigenvalue weighted by Gasteiger charge is 2.25. The van der Waals surface area contributed by atoms with E-state index in [2.05, 4.69) is 5.32 Å². The van der Waals surface area contributed by atoms with Crippen LogP contribution in [0, 0.1) is 0 Å². The number of aromatic nitrogens is 1. The van der Waals surface area contributed by atoms with E-state index in [1.165, 1.54) is 6.07 Å². The van der Waals surface area contributed by atoms with Crippen LogP contribution in [0.5, 0.6) is 0 Å². The van der Waals surface area contributed by atoms with Gasteiger partial charge in [-0.05, 0) is 18.9 Å². The number of nitrogens with zero attached hydrogens (tertiary/aromatic N) is 1. The fourth-order valence-electron chi connectivity index (χ4n) is 2.23. The molecule has 3 nitrogen and oxygen atoms in total. The first kappa shape index (κ1) is 15.4. The first-order chi connectivity index (χ1) is 9.88. The van der Waals surface area contributed by atoms with Crippen LogP contribution in [0.1, 0.15) is 19.3 Å². The molecule has 2 aromatic rings. The number of para-hydroxylation sites is 1. The second kappa shape index (κ2) is 6.20. The number of alkyl halides is 3. The van der Waals surface area contributed by atoms with Crippen molar-refractivity contribution in [2.24, 2.45) is 7.05 Å². The summed E-state index contributed by atoms with van der Waals surface area (Å²) in [4.78, 5) is 11.8. The van der Waals surface area contributed by atoms with Crippen LogP contribution in [-0.4, -0.2) is 17.3 Å². The summed E-state index contributed by atoms with van der Waals surface area (Å²) in [5.74, 6) is 0. The van der Waals surface area contributed by atoms with Crippen LogP contribution in [0.25, 0.3) is 10.9 Å². The SMILES string of the molecule is Cn1c(=O)cc(NCCCCC(F)(F)F)c2ccccc21. The first-order valence-electron chi connectivity index (χ1n) is 6.78.